The molecule has 0 aliphatic heterocycles. The second-order valence-electron chi connectivity index (χ2n) is 4.31. The first-order chi connectivity index (χ1) is 9.58. The Morgan fingerprint density at radius 2 is 1.85 bits per heavy atom. The Morgan fingerprint density at radius 1 is 1.15 bits per heavy atom. The van der Waals surface area contributed by atoms with Crippen molar-refractivity contribution in [3.8, 4) is 22.4 Å². The fraction of sp³-hybridized carbons (Fsp3) is 0.0714. The molecular weight excluding hydrogens is 299 g/mol. The molecule has 2 N–H and O–H groups in total. The van der Waals surface area contributed by atoms with E-state index in [9.17, 15) is 0 Å². The van der Waals surface area contributed by atoms with E-state index >= 15 is 0 Å². The Bertz CT molecular complexity index is 757. The molecule has 0 fully saturated rings. The summed E-state index contributed by atoms with van der Waals surface area (Å²) in [6.45, 7) is 1.84. The van der Waals surface area contributed by atoms with Crippen molar-refractivity contribution in [3.63, 3.8) is 0 Å². The van der Waals surface area contributed by atoms with Crippen LogP contribution in [0, 0.1) is 6.92 Å². The van der Waals surface area contributed by atoms with Crippen molar-refractivity contribution in [3.05, 3.63) is 46.3 Å². The van der Waals surface area contributed by atoms with Crippen LogP contribution in [-0.2, 0) is 0 Å². The highest BCUT2D eigenvalue weighted by Crippen LogP contribution is 2.43. The number of hydrogen-bond acceptors (Lipinski definition) is 4. The van der Waals surface area contributed by atoms with Gasteiger partial charge in [0.1, 0.15) is 17.7 Å². The van der Waals surface area contributed by atoms with Gasteiger partial charge < -0.3 is 14.7 Å². The van der Waals surface area contributed by atoms with E-state index in [1.807, 2.05) is 13.0 Å². The van der Waals surface area contributed by atoms with E-state index in [1.54, 1.807) is 24.5 Å². The topological polar surface area (TPSA) is 65.2 Å². The molecule has 0 radical (unpaired) electrons. The molecule has 0 spiro atoms. The fourth-order valence-corrected chi connectivity index (χ4v) is 2.63. The van der Waals surface area contributed by atoms with Crippen LogP contribution in [0.2, 0.25) is 10.0 Å². The maximum absolute atomic E-state index is 6.22. The minimum atomic E-state index is 0.161. The van der Waals surface area contributed by atoms with Crippen LogP contribution < -0.4 is 5.73 Å². The van der Waals surface area contributed by atoms with Crippen LogP contribution in [0.1, 0.15) is 5.76 Å². The summed E-state index contributed by atoms with van der Waals surface area (Å²) >= 11 is 12.4. The van der Waals surface area contributed by atoms with Gasteiger partial charge in [-0.15, -0.1) is 0 Å². The monoisotopic (exact) mass is 308 g/mol. The van der Waals surface area contributed by atoms with Crippen molar-refractivity contribution in [1.29, 1.82) is 0 Å². The predicted octanol–water partition coefficient (Wildman–Crippen LogP) is 4.80. The number of halogens is 2. The van der Waals surface area contributed by atoms with Crippen LogP contribution in [0.3, 0.4) is 0 Å². The van der Waals surface area contributed by atoms with Crippen LogP contribution in [0.4, 0.5) is 5.88 Å². The molecule has 1 aromatic carbocycles. The second kappa shape index (κ2) is 4.89. The molecule has 0 saturated heterocycles. The first-order valence-corrected chi connectivity index (χ1v) is 6.58. The highest BCUT2D eigenvalue weighted by molar-refractivity contribution is 6.39. The smallest absolute Gasteiger partial charge is 0.230 e. The van der Waals surface area contributed by atoms with Crippen LogP contribution in [0.5, 0.6) is 0 Å². The zero-order valence-corrected chi connectivity index (χ0v) is 12.0. The molecule has 0 unspecified atom stereocenters. The van der Waals surface area contributed by atoms with Crippen LogP contribution in [0.15, 0.2) is 39.5 Å². The number of furan rings is 1. The number of anilines is 1. The standard InChI is InChI=1S/C14H10Cl2N2O2/c1-7-5-8(6-19-7)13-12(14(17)20-18-13)11-9(15)3-2-4-10(11)16/h2-6H,17H2,1H3. The van der Waals surface area contributed by atoms with Gasteiger partial charge in [0.15, 0.2) is 0 Å². The molecule has 102 valence electrons. The molecule has 3 rings (SSSR count). The van der Waals surface area contributed by atoms with Crippen molar-refractivity contribution < 1.29 is 8.94 Å². The third-order valence-corrected chi connectivity index (χ3v) is 3.57. The van der Waals surface area contributed by atoms with Crippen LogP contribution in [-0.4, -0.2) is 5.16 Å². The quantitative estimate of drug-likeness (QED) is 0.738. The summed E-state index contributed by atoms with van der Waals surface area (Å²) in [6.07, 6.45) is 1.58. The largest absolute Gasteiger partial charge is 0.469 e. The maximum Gasteiger partial charge on any atom is 0.230 e. The minimum absolute atomic E-state index is 0.161. The summed E-state index contributed by atoms with van der Waals surface area (Å²) in [4.78, 5) is 0. The van der Waals surface area contributed by atoms with E-state index in [1.165, 1.54) is 0 Å². The lowest BCUT2D eigenvalue weighted by Crippen LogP contribution is -1.89. The number of aryl methyl sites for hydroxylation is 1. The van der Waals surface area contributed by atoms with Crippen molar-refractivity contribution >= 4 is 29.1 Å². The molecular formula is C14H10Cl2N2O2. The molecule has 2 heterocycles. The molecule has 0 atom stereocenters. The Balaban J connectivity index is 2.27. The van der Waals surface area contributed by atoms with Gasteiger partial charge in [-0.25, -0.2) is 0 Å². The Morgan fingerprint density at radius 3 is 2.45 bits per heavy atom. The summed E-state index contributed by atoms with van der Waals surface area (Å²) in [6, 6.07) is 7.07. The van der Waals surface area contributed by atoms with Gasteiger partial charge >= 0.3 is 0 Å². The lowest BCUT2D eigenvalue weighted by Gasteiger charge is -2.06. The molecule has 0 bridgehead atoms. The summed E-state index contributed by atoms with van der Waals surface area (Å²) in [5, 5.41) is 4.94. The lowest BCUT2D eigenvalue weighted by molar-refractivity contribution is 0.439. The van der Waals surface area contributed by atoms with Gasteiger partial charge in [-0.2, -0.15) is 0 Å². The van der Waals surface area contributed by atoms with E-state index in [-0.39, 0.29) is 5.88 Å². The number of nitrogens with zero attached hydrogens (tertiary/aromatic N) is 1. The van der Waals surface area contributed by atoms with Gasteiger partial charge in [-0.05, 0) is 25.1 Å². The second-order valence-corrected chi connectivity index (χ2v) is 5.13. The number of nitrogen functional groups attached to an aromatic ring is 1. The first-order valence-electron chi connectivity index (χ1n) is 5.83. The molecule has 4 nitrogen and oxygen atoms in total. The summed E-state index contributed by atoms with van der Waals surface area (Å²) in [5.41, 5.74) is 8.36. The highest BCUT2D eigenvalue weighted by atomic mass is 35.5. The number of nitrogens with two attached hydrogens (primary N) is 1. The molecule has 3 aromatic rings. The average molecular weight is 309 g/mol. The van der Waals surface area contributed by atoms with E-state index in [0.29, 0.717) is 26.9 Å². The van der Waals surface area contributed by atoms with Crippen molar-refractivity contribution in [2.45, 2.75) is 6.92 Å². The summed E-state index contributed by atoms with van der Waals surface area (Å²) < 4.78 is 10.4. The van der Waals surface area contributed by atoms with Crippen LogP contribution in [0.25, 0.3) is 22.4 Å². The van der Waals surface area contributed by atoms with Crippen molar-refractivity contribution in [1.82, 2.24) is 5.16 Å². The van der Waals surface area contributed by atoms with Gasteiger partial charge in [-0.1, -0.05) is 34.4 Å². The fourth-order valence-electron chi connectivity index (χ4n) is 2.05. The molecule has 2 aromatic heterocycles. The normalized spacial score (nSPS) is 10.9. The first kappa shape index (κ1) is 13.1. The van der Waals surface area contributed by atoms with Gasteiger partial charge in [0.05, 0.1) is 15.6 Å². The third-order valence-electron chi connectivity index (χ3n) is 2.94. The third kappa shape index (κ3) is 2.07. The lowest BCUT2D eigenvalue weighted by atomic mass is 10.0. The number of rotatable bonds is 2. The zero-order valence-electron chi connectivity index (χ0n) is 10.5. The Kier molecular flexibility index (Phi) is 3.20. The SMILES string of the molecule is Cc1cc(-c2noc(N)c2-c2c(Cl)cccc2Cl)co1. The number of benzene rings is 1. The maximum atomic E-state index is 6.22. The van der Waals surface area contributed by atoms with Crippen molar-refractivity contribution in [2.24, 2.45) is 0 Å². The van der Waals surface area contributed by atoms with E-state index in [2.05, 4.69) is 5.16 Å². The molecule has 6 heteroatoms. The van der Waals surface area contributed by atoms with Crippen LogP contribution >= 0.6 is 23.2 Å². The molecule has 20 heavy (non-hydrogen) atoms. The average Bonchev–Trinajstić information content (AvgIpc) is 2.97. The summed E-state index contributed by atoms with van der Waals surface area (Å²) in [7, 11) is 0. The number of hydrogen-bond donors (Lipinski definition) is 1. The van der Waals surface area contributed by atoms with Gasteiger partial charge in [0, 0.05) is 11.1 Å². The van der Waals surface area contributed by atoms with E-state index < -0.39 is 0 Å². The molecule has 0 aliphatic carbocycles. The van der Waals surface area contributed by atoms with Gasteiger partial charge in [-0.3, -0.25) is 0 Å². The molecule has 0 saturated carbocycles. The zero-order chi connectivity index (χ0) is 14.3. The predicted molar refractivity (Wildman–Crippen MR) is 78.8 cm³/mol. The van der Waals surface area contributed by atoms with Crippen molar-refractivity contribution in [2.75, 3.05) is 5.73 Å². The Hall–Kier alpha value is -1.91. The highest BCUT2D eigenvalue weighted by Gasteiger charge is 2.22. The number of aromatic nitrogens is 1. The molecule has 0 amide bonds. The van der Waals surface area contributed by atoms with E-state index in [0.717, 1.165) is 11.3 Å². The van der Waals surface area contributed by atoms with Gasteiger partial charge in [0.2, 0.25) is 5.88 Å². The van der Waals surface area contributed by atoms with E-state index in [4.69, 9.17) is 37.9 Å². The molecule has 0 aliphatic rings. The Labute approximate surface area is 125 Å². The van der Waals surface area contributed by atoms with Gasteiger partial charge in [0.25, 0.3) is 0 Å². The summed E-state index contributed by atoms with van der Waals surface area (Å²) in [5.74, 6) is 0.923. The minimum Gasteiger partial charge on any atom is -0.469 e.